The monoisotopic (exact) mass is 830 g/mol. The number of rotatable bonds is 17. The summed E-state index contributed by atoms with van der Waals surface area (Å²) in [5.41, 5.74) is 2.54. The summed E-state index contributed by atoms with van der Waals surface area (Å²) in [7, 11) is -0.743. The van der Waals surface area contributed by atoms with E-state index in [2.05, 4.69) is 19.2 Å². The molecule has 1 fully saturated rings. The van der Waals surface area contributed by atoms with Gasteiger partial charge in [0, 0.05) is 26.7 Å². The third kappa shape index (κ3) is 11.1. The molecule has 0 radical (unpaired) electrons. The van der Waals surface area contributed by atoms with Gasteiger partial charge in [0.1, 0.15) is 17.2 Å². The molecule has 0 saturated carbocycles. The molecule has 0 spiro atoms. The second-order valence-corrected chi connectivity index (χ2v) is 18.3. The Labute approximate surface area is 345 Å². The Balaban J connectivity index is 0.000000215. The number of benzene rings is 3. The Kier molecular flexibility index (Phi) is 15.3. The van der Waals surface area contributed by atoms with E-state index in [9.17, 15) is 23.7 Å². The van der Waals surface area contributed by atoms with Gasteiger partial charge in [-0.2, -0.15) is 0 Å². The van der Waals surface area contributed by atoms with Crippen LogP contribution in [-0.2, 0) is 42.8 Å². The van der Waals surface area contributed by atoms with Crippen molar-refractivity contribution in [3.05, 3.63) is 129 Å². The molecule has 1 aromatic heterocycles. The smallest absolute Gasteiger partial charge is 0.359 e. The first-order valence-electron chi connectivity index (χ1n) is 19.5. The molecule has 3 aliphatic rings. The zero-order valence-electron chi connectivity index (χ0n) is 32.3. The maximum absolute atomic E-state index is 13.3. The number of amides is 2. The van der Waals surface area contributed by atoms with Crippen molar-refractivity contribution in [3.63, 3.8) is 0 Å². The van der Waals surface area contributed by atoms with E-state index in [1.807, 2.05) is 96.4 Å². The maximum Gasteiger partial charge on any atom is 0.359 e. The fourth-order valence-corrected chi connectivity index (χ4v) is 10.0. The molecule has 3 aliphatic heterocycles. The minimum atomic E-state index is -0.790. The molecule has 4 aromatic rings. The van der Waals surface area contributed by atoms with Gasteiger partial charge in [-0.05, 0) is 53.1 Å². The van der Waals surface area contributed by atoms with Crippen molar-refractivity contribution >= 4 is 51.7 Å². The van der Waals surface area contributed by atoms with Crippen molar-refractivity contribution in [3.8, 4) is 11.5 Å². The fraction of sp³-hybridized carbons (Fsp3) is 0.386. The summed E-state index contributed by atoms with van der Waals surface area (Å²) in [5, 5.41) is 14.9. The number of ether oxygens (including phenoxy) is 3. The lowest BCUT2D eigenvalue weighted by Crippen LogP contribution is -2.70. The highest BCUT2D eigenvalue weighted by molar-refractivity contribution is 8.00. The predicted octanol–water partition coefficient (Wildman–Crippen LogP) is 8.25. The molecular weight excluding hydrogens is 781 g/mol. The van der Waals surface area contributed by atoms with Crippen molar-refractivity contribution in [2.75, 3.05) is 18.3 Å². The molecule has 2 N–H and O–H groups in total. The van der Waals surface area contributed by atoms with E-state index < -0.39 is 40.2 Å². The van der Waals surface area contributed by atoms with Crippen LogP contribution in [0.25, 0.3) is 0 Å². The van der Waals surface area contributed by atoms with Crippen molar-refractivity contribution in [2.24, 2.45) is 0 Å². The van der Waals surface area contributed by atoms with Crippen molar-refractivity contribution < 1.29 is 37.9 Å². The van der Waals surface area contributed by atoms with Gasteiger partial charge < -0.3 is 24.6 Å². The highest BCUT2D eigenvalue weighted by Gasteiger charge is 2.55. The molecular formula is C44H50N2O8S3. The van der Waals surface area contributed by atoms with Gasteiger partial charge in [0.15, 0.2) is 23.3 Å². The first-order valence-corrected chi connectivity index (χ1v) is 22.8. The number of thiophene rings is 1. The van der Waals surface area contributed by atoms with Crippen LogP contribution in [0.1, 0.15) is 80.0 Å². The van der Waals surface area contributed by atoms with Crippen LogP contribution in [0.5, 0.6) is 11.5 Å². The van der Waals surface area contributed by atoms with Gasteiger partial charge >= 0.3 is 5.97 Å². The topological polar surface area (TPSA) is 131 Å². The van der Waals surface area contributed by atoms with Crippen LogP contribution < -0.4 is 14.8 Å². The fourth-order valence-electron chi connectivity index (χ4n) is 6.85. The summed E-state index contributed by atoms with van der Waals surface area (Å²) in [6.45, 7) is 4.61. The number of hydrogen-bond acceptors (Lipinski definition) is 10. The number of carbonyl (C=O) groups excluding carboxylic acids is 3. The lowest BCUT2D eigenvalue weighted by molar-refractivity contribution is -0.155. The van der Waals surface area contributed by atoms with Gasteiger partial charge in [-0.1, -0.05) is 119 Å². The first-order chi connectivity index (χ1) is 27.7. The summed E-state index contributed by atoms with van der Waals surface area (Å²) in [4.78, 5) is 40.8. The number of esters is 1. The van der Waals surface area contributed by atoms with E-state index in [0.717, 1.165) is 46.1 Å². The van der Waals surface area contributed by atoms with Crippen molar-refractivity contribution in [2.45, 2.75) is 88.0 Å². The van der Waals surface area contributed by atoms with E-state index in [4.69, 9.17) is 14.2 Å². The molecule has 7 rings (SSSR count). The second-order valence-electron chi connectivity index (χ2n) is 14.2. The number of aliphatic hydroxyl groups is 1. The van der Waals surface area contributed by atoms with Gasteiger partial charge in [-0.15, -0.1) is 23.1 Å². The number of unbranched alkanes of at least 4 members (excludes halogenated alkanes) is 5. The van der Waals surface area contributed by atoms with Crippen LogP contribution in [0.3, 0.4) is 0 Å². The maximum atomic E-state index is 13.3. The van der Waals surface area contributed by atoms with Crippen LogP contribution in [0.4, 0.5) is 0 Å². The summed E-state index contributed by atoms with van der Waals surface area (Å²) in [6.07, 6.45) is 7.80. The van der Waals surface area contributed by atoms with Crippen molar-refractivity contribution in [1.29, 1.82) is 0 Å². The molecule has 57 heavy (non-hydrogen) atoms. The number of hydrogen-bond donors (Lipinski definition) is 2. The van der Waals surface area contributed by atoms with Gasteiger partial charge in [-0.3, -0.25) is 18.7 Å². The van der Waals surface area contributed by atoms with E-state index >= 15 is 0 Å². The molecule has 4 atom stereocenters. The SMILES string of the molecule is CCCCCCCCS(=O)C(C)Cc1ccc2c(c1)OCO2.O=C(Cc1cccs1)NC1C(=O)N2C(C(=O)OC(c3ccccc3)c3ccccc3)=C(O)CS[C@H]12. The second kappa shape index (κ2) is 20.7. The quantitative estimate of drug-likeness (QED) is 0.0614. The molecule has 1 saturated heterocycles. The number of nitrogens with one attached hydrogen (secondary N) is 1. The Bertz CT molecular complexity index is 1970. The summed E-state index contributed by atoms with van der Waals surface area (Å²) >= 11 is 2.76. The average Bonchev–Trinajstić information content (AvgIpc) is 3.93. The van der Waals surface area contributed by atoms with Crippen LogP contribution in [0.2, 0.25) is 0 Å². The summed E-state index contributed by atoms with van der Waals surface area (Å²) in [5.74, 6) is 0.875. The van der Waals surface area contributed by atoms with Crippen LogP contribution >= 0.6 is 23.1 Å². The Morgan fingerprint density at radius 3 is 2.30 bits per heavy atom. The van der Waals surface area contributed by atoms with Crippen molar-refractivity contribution in [1.82, 2.24) is 10.2 Å². The highest BCUT2D eigenvalue weighted by atomic mass is 32.2. The molecule has 13 heteroatoms. The number of carbonyl (C=O) groups is 3. The van der Waals surface area contributed by atoms with Gasteiger partial charge in [0.2, 0.25) is 12.7 Å². The normalized spacial score (nSPS) is 17.9. The third-order valence-corrected chi connectivity index (χ3v) is 13.8. The molecule has 3 aromatic carbocycles. The average molecular weight is 831 g/mol. The van der Waals surface area contributed by atoms with Gasteiger partial charge in [0.05, 0.1) is 12.2 Å². The molecule has 10 nitrogen and oxygen atoms in total. The largest absolute Gasteiger partial charge is 0.509 e. The highest BCUT2D eigenvalue weighted by Crippen LogP contribution is 2.41. The predicted molar refractivity (Wildman–Crippen MR) is 226 cm³/mol. The minimum absolute atomic E-state index is 0.136. The lowest BCUT2D eigenvalue weighted by Gasteiger charge is -2.48. The van der Waals surface area contributed by atoms with E-state index in [-0.39, 0.29) is 34.8 Å². The van der Waals surface area contributed by atoms with E-state index in [0.29, 0.717) is 6.79 Å². The Morgan fingerprint density at radius 2 is 1.61 bits per heavy atom. The number of nitrogens with zero attached hydrogens (tertiary/aromatic N) is 1. The molecule has 0 bridgehead atoms. The summed E-state index contributed by atoms with van der Waals surface area (Å²) in [6, 6.07) is 27.5. The Hall–Kier alpha value is -4.59. The number of thioether (sulfide) groups is 1. The molecule has 2 amide bonds. The lowest BCUT2D eigenvalue weighted by atomic mass is 10.0. The van der Waals surface area contributed by atoms with Gasteiger partial charge in [-0.25, -0.2) is 4.79 Å². The number of β-lactam (4-membered cyclic amide) rings is 1. The Morgan fingerprint density at radius 1 is 0.930 bits per heavy atom. The van der Waals surface area contributed by atoms with Crippen LogP contribution in [-0.4, -0.2) is 67.0 Å². The number of aliphatic hydroxyl groups excluding tert-OH is 1. The first kappa shape index (κ1) is 42.0. The molecule has 3 unspecified atom stereocenters. The van der Waals surface area contributed by atoms with Crippen LogP contribution in [0.15, 0.2) is 108 Å². The van der Waals surface area contributed by atoms with E-state index in [1.165, 1.54) is 65.7 Å². The van der Waals surface area contributed by atoms with Crippen LogP contribution in [0, 0.1) is 0 Å². The minimum Gasteiger partial charge on any atom is -0.509 e. The molecule has 0 aliphatic carbocycles. The summed E-state index contributed by atoms with van der Waals surface area (Å²) < 4.78 is 28.9. The molecule has 302 valence electrons. The molecule has 4 heterocycles. The van der Waals surface area contributed by atoms with Gasteiger partial charge in [0.25, 0.3) is 5.91 Å². The standard InChI is InChI=1S/C26H22N2O5S2.C18H28O3S/c29-19-15-35-25-21(27-20(30)14-18-12-7-13-34-18)24(31)28(25)22(19)26(32)33-23(16-8-3-1-4-9-16)17-10-5-2-6-11-17;1-3-4-5-6-7-8-11-22(19)15(2)12-16-9-10-17-18(13-16)21-14-20-17/h1-13,21,23,25,29H,14-15H2,(H,27,30);9-10,13,15H,3-8,11-12,14H2,1-2H3/t21?,25-;/m1./s1. The number of fused-ring (bicyclic) bond motifs is 2. The zero-order valence-corrected chi connectivity index (χ0v) is 34.8. The third-order valence-electron chi connectivity index (χ3n) is 9.91. The van der Waals surface area contributed by atoms with E-state index in [1.54, 1.807) is 0 Å². The zero-order chi connectivity index (χ0) is 40.1.